The summed E-state index contributed by atoms with van der Waals surface area (Å²) >= 11 is 6.06. The van der Waals surface area contributed by atoms with Gasteiger partial charge in [0.2, 0.25) is 0 Å². The van der Waals surface area contributed by atoms with Crippen LogP contribution in [-0.4, -0.2) is 17.7 Å². The van der Waals surface area contributed by atoms with E-state index in [0.717, 1.165) is 24.1 Å². The van der Waals surface area contributed by atoms with Crippen molar-refractivity contribution in [3.8, 4) is 5.75 Å². The number of carboxylic acid groups (broad SMARTS) is 1. The number of carbonyl (C=O) groups is 1. The number of rotatable bonds is 5. The van der Waals surface area contributed by atoms with Gasteiger partial charge in [0.1, 0.15) is 11.6 Å². The lowest BCUT2D eigenvalue weighted by molar-refractivity contribution is -0.139. The molecule has 3 rings (SSSR count). The number of allylic oxidation sites excluding steroid dienone is 1. The molecule has 1 saturated carbocycles. The normalized spacial score (nSPS) is 13.8. The number of hydrogen-bond donors (Lipinski definition) is 1. The Morgan fingerprint density at radius 2 is 1.86 bits per heavy atom. The highest BCUT2D eigenvalue weighted by atomic mass is 35.5. The molecule has 148 valence electrons. The molecule has 2 aromatic rings. The van der Waals surface area contributed by atoms with Gasteiger partial charge in [0, 0.05) is 10.6 Å². The number of aliphatic carboxylic acids is 1. The number of alkyl halides is 3. The van der Waals surface area contributed by atoms with E-state index in [1.54, 1.807) is 0 Å². The predicted octanol–water partition coefficient (Wildman–Crippen LogP) is 5.95. The van der Waals surface area contributed by atoms with Crippen LogP contribution in [0, 0.1) is 5.82 Å². The number of benzene rings is 2. The molecule has 0 aromatic heterocycles. The number of carboxylic acids is 1. The summed E-state index contributed by atoms with van der Waals surface area (Å²) in [6.45, 7) is -0.631. The van der Waals surface area contributed by atoms with Gasteiger partial charge in [0.15, 0.2) is 6.61 Å². The van der Waals surface area contributed by atoms with E-state index in [1.165, 1.54) is 18.2 Å². The Balaban J connectivity index is 2.18. The maximum atomic E-state index is 14.0. The third-order valence-corrected chi connectivity index (χ3v) is 4.62. The fraction of sp³-hybridized carbons (Fsp3) is 0.250. The number of hydrogen-bond acceptors (Lipinski definition) is 2. The minimum atomic E-state index is -4.71. The monoisotopic (exact) mass is 414 g/mol. The van der Waals surface area contributed by atoms with Crippen molar-refractivity contribution in [3.05, 3.63) is 69.5 Å². The molecule has 8 heteroatoms. The van der Waals surface area contributed by atoms with Crippen molar-refractivity contribution >= 4 is 23.1 Å². The second-order valence-corrected chi connectivity index (χ2v) is 6.82. The molecular formula is C20H15ClF4O3. The van der Waals surface area contributed by atoms with Crippen molar-refractivity contribution in [2.45, 2.75) is 25.4 Å². The molecule has 0 radical (unpaired) electrons. The van der Waals surface area contributed by atoms with E-state index in [9.17, 15) is 22.4 Å². The van der Waals surface area contributed by atoms with Crippen LogP contribution in [0.1, 0.15) is 36.0 Å². The molecule has 1 N–H and O–H groups in total. The predicted molar refractivity (Wildman–Crippen MR) is 95.9 cm³/mol. The summed E-state index contributed by atoms with van der Waals surface area (Å²) in [6, 6.07) is 6.76. The standard InChI is InChI=1S/C20H15ClF4O3/c21-14-4-5-17(28-10-18(26)27)16(9-14)19(11-2-1-3-11)12-6-13(20(23,24)25)8-15(22)7-12/h4-9H,1-3,10H2,(H,26,27). The van der Waals surface area contributed by atoms with Gasteiger partial charge in [-0.1, -0.05) is 17.2 Å². The number of ether oxygens (including phenoxy) is 1. The average molecular weight is 415 g/mol. The van der Waals surface area contributed by atoms with E-state index in [2.05, 4.69) is 0 Å². The van der Waals surface area contributed by atoms with Gasteiger partial charge < -0.3 is 9.84 Å². The zero-order chi connectivity index (χ0) is 20.5. The first-order valence-corrected chi connectivity index (χ1v) is 8.77. The molecule has 28 heavy (non-hydrogen) atoms. The van der Waals surface area contributed by atoms with Crippen molar-refractivity contribution in [1.29, 1.82) is 0 Å². The molecule has 1 aliphatic rings. The van der Waals surface area contributed by atoms with Gasteiger partial charge in [-0.2, -0.15) is 13.2 Å². The quantitative estimate of drug-likeness (QED) is 0.615. The maximum Gasteiger partial charge on any atom is 0.416 e. The summed E-state index contributed by atoms with van der Waals surface area (Å²) in [6.07, 6.45) is -2.58. The highest BCUT2D eigenvalue weighted by Crippen LogP contribution is 2.43. The molecule has 3 nitrogen and oxygen atoms in total. The van der Waals surface area contributed by atoms with Gasteiger partial charge in [-0.25, -0.2) is 9.18 Å². The second kappa shape index (κ2) is 7.83. The summed E-state index contributed by atoms with van der Waals surface area (Å²) in [5.41, 5.74) is 0.502. The van der Waals surface area contributed by atoms with Gasteiger partial charge in [-0.15, -0.1) is 0 Å². The molecule has 0 amide bonds. The van der Waals surface area contributed by atoms with Gasteiger partial charge >= 0.3 is 12.1 Å². The maximum absolute atomic E-state index is 14.0. The highest BCUT2D eigenvalue weighted by Gasteiger charge is 2.32. The Kier molecular flexibility index (Phi) is 5.65. The SMILES string of the molecule is O=C(O)COc1ccc(Cl)cc1C(=C1CCC1)c1cc(F)cc(C(F)(F)F)c1. The minimum Gasteiger partial charge on any atom is -0.481 e. The molecule has 0 bridgehead atoms. The van der Waals surface area contributed by atoms with Crippen LogP contribution < -0.4 is 4.74 Å². The van der Waals surface area contributed by atoms with E-state index in [1.807, 2.05) is 0 Å². The lowest BCUT2D eigenvalue weighted by atomic mass is 9.81. The van der Waals surface area contributed by atoms with Crippen molar-refractivity contribution in [1.82, 2.24) is 0 Å². The fourth-order valence-corrected chi connectivity index (χ4v) is 3.19. The smallest absolute Gasteiger partial charge is 0.416 e. The van der Waals surface area contributed by atoms with Gasteiger partial charge in [0.25, 0.3) is 0 Å². The van der Waals surface area contributed by atoms with Crippen LogP contribution in [0.5, 0.6) is 5.75 Å². The first-order valence-electron chi connectivity index (χ1n) is 8.40. The van der Waals surface area contributed by atoms with Crippen LogP contribution >= 0.6 is 11.6 Å². The topological polar surface area (TPSA) is 46.5 Å². The van der Waals surface area contributed by atoms with E-state index >= 15 is 0 Å². The zero-order valence-corrected chi connectivity index (χ0v) is 15.2. The van der Waals surface area contributed by atoms with E-state index in [-0.39, 0.29) is 11.3 Å². The van der Waals surface area contributed by atoms with Gasteiger partial charge in [0.05, 0.1) is 5.56 Å². The lowest BCUT2D eigenvalue weighted by Gasteiger charge is -2.25. The van der Waals surface area contributed by atoms with E-state index < -0.39 is 30.1 Å². The molecule has 0 atom stereocenters. The Morgan fingerprint density at radius 1 is 1.14 bits per heavy atom. The molecule has 2 aromatic carbocycles. The average Bonchev–Trinajstić information content (AvgIpc) is 2.55. The van der Waals surface area contributed by atoms with Crippen molar-refractivity contribution in [2.24, 2.45) is 0 Å². The Hall–Kier alpha value is -2.54. The lowest BCUT2D eigenvalue weighted by Crippen LogP contribution is -2.12. The Morgan fingerprint density at radius 3 is 2.43 bits per heavy atom. The van der Waals surface area contributed by atoms with Crippen LogP contribution in [0.15, 0.2) is 42.0 Å². The third-order valence-electron chi connectivity index (χ3n) is 4.39. The van der Waals surface area contributed by atoms with Crippen LogP contribution in [0.3, 0.4) is 0 Å². The molecule has 1 aliphatic carbocycles. The highest BCUT2D eigenvalue weighted by molar-refractivity contribution is 6.30. The fourth-order valence-electron chi connectivity index (χ4n) is 3.01. The Labute approximate surface area is 163 Å². The van der Waals surface area contributed by atoms with Crippen molar-refractivity contribution in [2.75, 3.05) is 6.61 Å². The summed E-state index contributed by atoms with van der Waals surface area (Å²) < 4.78 is 58.8. The van der Waals surface area contributed by atoms with E-state index in [4.69, 9.17) is 21.4 Å². The van der Waals surface area contributed by atoms with Crippen LogP contribution in [0.25, 0.3) is 5.57 Å². The summed E-state index contributed by atoms with van der Waals surface area (Å²) in [5.74, 6) is -2.07. The molecule has 0 spiro atoms. The van der Waals surface area contributed by atoms with Crippen molar-refractivity contribution < 1.29 is 32.2 Å². The van der Waals surface area contributed by atoms with Crippen LogP contribution in [0.4, 0.5) is 17.6 Å². The van der Waals surface area contributed by atoms with Crippen molar-refractivity contribution in [3.63, 3.8) is 0 Å². The molecular weight excluding hydrogens is 400 g/mol. The molecule has 0 unspecified atom stereocenters. The van der Waals surface area contributed by atoms with Crippen LogP contribution in [0.2, 0.25) is 5.02 Å². The number of halogens is 5. The first-order chi connectivity index (χ1) is 13.1. The van der Waals surface area contributed by atoms with Gasteiger partial charge in [-0.05, 0) is 66.8 Å². The molecule has 1 fully saturated rings. The van der Waals surface area contributed by atoms with Gasteiger partial charge in [-0.3, -0.25) is 0 Å². The third kappa shape index (κ3) is 4.47. The first kappa shape index (κ1) is 20.2. The largest absolute Gasteiger partial charge is 0.481 e. The molecule has 0 saturated heterocycles. The minimum absolute atomic E-state index is 0.0458. The van der Waals surface area contributed by atoms with E-state index in [0.29, 0.717) is 35.1 Å². The zero-order valence-electron chi connectivity index (χ0n) is 14.4. The molecule has 0 aliphatic heterocycles. The summed E-state index contributed by atoms with van der Waals surface area (Å²) in [5, 5.41) is 9.16. The second-order valence-electron chi connectivity index (χ2n) is 6.38. The van der Waals surface area contributed by atoms with Crippen LogP contribution in [-0.2, 0) is 11.0 Å². The summed E-state index contributed by atoms with van der Waals surface area (Å²) in [4.78, 5) is 10.9. The Bertz CT molecular complexity index is 945. The summed E-state index contributed by atoms with van der Waals surface area (Å²) in [7, 11) is 0. The molecule has 0 heterocycles.